The van der Waals surface area contributed by atoms with Crippen LogP contribution in [-0.4, -0.2) is 50.7 Å². The van der Waals surface area contributed by atoms with Gasteiger partial charge < -0.3 is 14.8 Å². The Morgan fingerprint density at radius 2 is 2.18 bits per heavy atom. The molecule has 5 nitrogen and oxygen atoms in total. The number of likely N-dealkylation sites (tertiary alicyclic amines) is 1. The number of hydrogen-bond acceptors (Lipinski definition) is 4. The zero-order valence-corrected chi connectivity index (χ0v) is 15.5. The predicted octanol–water partition coefficient (Wildman–Crippen LogP) is 2.52. The summed E-state index contributed by atoms with van der Waals surface area (Å²) in [6.45, 7) is 4.98. The molecule has 0 radical (unpaired) electrons. The number of amides is 1. The van der Waals surface area contributed by atoms with Gasteiger partial charge in [0.15, 0.2) is 11.5 Å². The van der Waals surface area contributed by atoms with Crippen molar-refractivity contribution in [2.75, 3.05) is 33.9 Å². The van der Waals surface area contributed by atoms with Crippen LogP contribution in [0.3, 0.4) is 0 Å². The maximum atomic E-state index is 12.5. The number of carbonyl (C=O) groups excluding carboxylic acids is 1. The van der Waals surface area contributed by atoms with Crippen molar-refractivity contribution < 1.29 is 14.3 Å². The normalized spacial score (nSPS) is 18.3. The van der Waals surface area contributed by atoms with Crippen LogP contribution in [0.25, 0.3) is 0 Å². The minimum atomic E-state index is -0.114. The van der Waals surface area contributed by atoms with Gasteiger partial charge in [-0.2, -0.15) is 0 Å². The molecule has 0 aromatic heterocycles. The highest BCUT2D eigenvalue weighted by Gasteiger charge is 2.24. The second-order valence-electron chi connectivity index (χ2n) is 5.32. The highest BCUT2D eigenvalue weighted by Crippen LogP contribution is 2.33. The van der Waals surface area contributed by atoms with Crippen molar-refractivity contribution in [3.05, 3.63) is 21.3 Å². The number of benzene rings is 1. The van der Waals surface area contributed by atoms with Gasteiger partial charge in [0, 0.05) is 16.2 Å². The molecule has 22 heavy (non-hydrogen) atoms. The largest absolute Gasteiger partial charge is 0.493 e. The lowest BCUT2D eigenvalue weighted by Crippen LogP contribution is -2.40. The summed E-state index contributed by atoms with van der Waals surface area (Å²) in [6, 6.07) is 4.11. The van der Waals surface area contributed by atoms with E-state index in [0.717, 1.165) is 23.1 Å². The van der Waals surface area contributed by atoms with Crippen molar-refractivity contribution >= 4 is 28.5 Å². The third-order valence-corrected chi connectivity index (χ3v) is 4.71. The standard InChI is InChI=1S/C16H23IN2O3/c1-4-19-7-5-6-12(19)10-18-16(20)13-8-11(17)9-14(21-2)15(13)22-3/h8-9,12H,4-7,10H2,1-3H3,(H,18,20)/t12-/m0/s1/i17-4. The van der Waals surface area contributed by atoms with E-state index in [0.29, 0.717) is 29.6 Å². The van der Waals surface area contributed by atoms with E-state index in [-0.39, 0.29) is 5.91 Å². The van der Waals surface area contributed by atoms with E-state index >= 15 is 0 Å². The number of nitrogens with zero attached hydrogens (tertiary/aromatic N) is 1. The van der Waals surface area contributed by atoms with Gasteiger partial charge in [-0.15, -0.1) is 0 Å². The predicted molar refractivity (Wildman–Crippen MR) is 94.9 cm³/mol. The lowest BCUT2D eigenvalue weighted by Gasteiger charge is -2.23. The summed E-state index contributed by atoms with van der Waals surface area (Å²) in [7, 11) is 3.13. The highest BCUT2D eigenvalue weighted by molar-refractivity contribution is 14.1. The number of carbonyl (C=O) groups is 1. The lowest BCUT2D eigenvalue weighted by molar-refractivity contribution is 0.0937. The fourth-order valence-corrected chi connectivity index (χ4v) is 3.54. The number of methoxy groups -OCH3 is 2. The van der Waals surface area contributed by atoms with Crippen LogP contribution >= 0.6 is 22.6 Å². The second kappa shape index (κ2) is 8.01. The fourth-order valence-electron chi connectivity index (χ4n) is 2.95. The Labute approximate surface area is 145 Å². The van der Waals surface area contributed by atoms with Gasteiger partial charge in [-0.25, -0.2) is 0 Å². The Kier molecular flexibility index (Phi) is 6.31. The summed E-state index contributed by atoms with van der Waals surface area (Å²) in [6.07, 6.45) is 2.34. The van der Waals surface area contributed by atoms with E-state index in [2.05, 4.69) is 39.7 Å². The van der Waals surface area contributed by atoms with Crippen molar-refractivity contribution in [2.24, 2.45) is 0 Å². The average molecular weight is 414 g/mol. The van der Waals surface area contributed by atoms with Crippen LogP contribution in [0.15, 0.2) is 12.1 Å². The van der Waals surface area contributed by atoms with Crippen molar-refractivity contribution in [1.82, 2.24) is 10.2 Å². The van der Waals surface area contributed by atoms with E-state index in [1.165, 1.54) is 6.42 Å². The van der Waals surface area contributed by atoms with Crippen LogP contribution in [0.1, 0.15) is 30.1 Å². The van der Waals surface area contributed by atoms with Crippen molar-refractivity contribution in [3.8, 4) is 11.5 Å². The molecule has 0 unspecified atom stereocenters. The van der Waals surface area contributed by atoms with Gasteiger partial charge in [0.25, 0.3) is 5.91 Å². The zero-order chi connectivity index (χ0) is 16.1. The number of rotatable bonds is 6. The first-order valence-corrected chi connectivity index (χ1v) is 8.62. The molecule has 1 N–H and O–H groups in total. The molecule has 6 heteroatoms. The van der Waals surface area contributed by atoms with E-state index in [1.54, 1.807) is 14.2 Å². The van der Waals surface area contributed by atoms with Gasteiger partial charge in [-0.05, 0) is 60.7 Å². The third-order valence-electron chi connectivity index (χ3n) is 4.09. The molecule has 1 atom stereocenters. The van der Waals surface area contributed by atoms with E-state index in [4.69, 9.17) is 9.47 Å². The summed E-state index contributed by atoms with van der Waals surface area (Å²) in [5.41, 5.74) is 0.521. The quantitative estimate of drug-likeness (QED) is 0.728. The van der Waals surface area contributed by atoms with E-state index in [1.807, 2.05) is 12.1 Å². The molecule has 1 aromatic carbocycles. The molecule has 1 amide bonds. The van der Waals surface area contributed by atoms with Crippen molar-refractivity contribution in [2.45, 2.75) is 25.8 Å². The average Bonchev–Trinajstić information content (AvgIpc) is 2.99. The summed E-state index contributed by atoms with van der Waals surface area (Å²) in [5.74, 6) is 0.950. The summed E-state index contributed by atoms with van der Waals surface area (Å²) < 4.78 is 11.6. The third kappa shape index (κ3) is 3.84. The number of hydrogen-bond donors (Lipinski definition) is 1. The molecule has 0 bridgehead atoms. The molecule has 0 saturated carbocycles. The molecule has 2 rings (SSSR count). The first kappa shape index (κ1) is 17.3. The Hall–Kier alpha value is -1.02. The van der Waals surface area contributed by atoms with E-state index < -0.39 is 0 Å². The number of ether oxygens (including phenoxy) is 2. The first-order valence-electron chi connectivity index (χ1n) is 7.54. The molecular weight excluding hydrogens is 391 g/mol. The fraction of sp³-hybridized carbons (Fsp3) is 0.562. The number of nitrogens with one attached hydrogen (secondary N) is 1. The smallest absolute Gasteiger partial charge is 0.255 e. The first-order chi connectivity index (χ1) is 10.6. The lowest BCUT2D eigenvalue weighted by atomic mass is 10.1. The van der Waals surface area contributed by atoms with Gasteiger partial charge >= 0.3 is 0 Å². The molecule has 1 saturated heterocycles. The van der Waals surface area contributed by atoms with Crippen LogP contribution < -0.4 is 14.8 Å². The van der Waals surface area contributed by atoms with Crippen LogP contribution in [0.4, 0.5) is 0 Å². The van der Waals surface area contributed by atoms with E-state index in [9.17, 15) is 4.79 Å². The molecule has 0 spiro atoms. The van der Waals surface area contributed by atoms with Crippen LogP contribution in [0, 0.1) is 3.57 Å². The van der Waals surface area contributed by atoms with Crippen LogP contribution in [0.2, 0.25) is 0 Å². The van der Waals surface area contributed by atoms with Crippen molar-refractivity contribution in [1.29, 1.82) is 0 Å². The zero-order valence-electron chi connectivity index (χ0n) is 13.3. The molecule has 1 aliphatic heterocycles. The highest BCUT2D eigenvalue weighted by atomic mass is 123. The minimum Gasteiger partial charge on any atom is -0.493 e. The molecule has 1 heterocycles. The molecule has 1 fully saturated rings. The molecule has 1 aliphatic rings. The maximum Gasteiger partial charge on any atom is 0.255 e. The Morgan fingerprint density at radius 1 is 1.41 bits per heavy atom. The van der Waals surface area contributed by atoms with Crippen LogP contribution in [0.5, 0.6) is 11.5 Å². The summed E-state index contributed by atoms with van der Waals surface area (Å²) >= 11 is 2.17. The monoisotopic (exact) mass is 414 g/mol. The molecule has 122 valence electrons. The van der Waals surface area contributed by atoms with Crippen LogP contribution in [-0.2, 0) is 0 Å². The Bertz CT molecular complexity index is 536. The topological polar surface area (TPSA) is 50.8 Å². The van der Waals surface area contributed by atoms with Gasteiger partial charge in [0.1, 0.15) is 0 Å². The summed E-state index contributed by atoms with van der Waals surface area (Å²) in [4.78, 5) is 14.9. The minimum absolute atomic E-state index is 0.114. The number of halogens is 1. The second-order valence-corrected chi connectivity index (χ2v) is 6.57. The van der Waals surface area contributed by atoms with Gasteiger partial charge in [0.05, 0.1) is 19.8 Å². The van der Waals surface area contributed by atoms with Gasteiger partial charge in [0.2, 0.25) is 0 Å². The number of likely N-dealkylation sites (N-methyl/N-ethyl adjacent to an activating group) is 1. The molecular formula is C16H23IN2O3. The molecule has 0 aliphatic carbocycles. The van der Waals surface area contributed by atoms with Gasteiger partial charge in [-0.3, -0.25) is 9.69 Å². The SMILES string of the molecule is CCN1CCC[C@H]1CNC(=O)c1cc([123I])cc(OC)c1OC. The summed E-state index contributed by atoms with van der Waals surface area (Å²) in [5, 5.41) is 3.04. The van der Waals surface area contributed by atoms with Crippen molar-refractivity contribution in [3.63, 3.8) is 0 Å². The Morgan fingerprint density at radius 3 is 2.82 bits per heavy atom. The molecule has 1 aromatic rings. The maximum absolute atomic E-state index is 12.5. The van der Waals surface area contributed by atoms with Gasteiger partial charge in [-0.1, -0.05) is 6.92 Å². The Balaban J connectivity index is 2.10.